The Hall–Kier alpha value is -3.57. The fraction of sp³-hybridized carbons (Fsp3) is 0.154. The molecule has 0 heterocycles. The maximum absolute atomic E-state index is 12.6. The minimum absolute atomic E-state index is 0.0990. The molecule has 0 aliphatic carbocycles. The highest BCUT2D eigenvalue weighted by molar-refractivity contribution is 6.30. The van der Waals surface area contributed by atoms with Crippen molar-refractivity contribution >= 4 is 29.4 Å². The topological polar surface area (TPSA) is 61.8 Å². The number of carbonyl (C=O) groups is 2. The van der Waals surface area contributed by atoms with Gasteiger partial charge >= 0.3 is 5.97 Å². The zero-order chi connectivity index (χ0) is 22.9. The number of hydrogen-bond acceptors (Lipinski definition) is 5. The van der Waals surface area contributed by atoms with Crippen LogP contribution in [0, 0.1) is 0 Å². The largest absolute Gasteiger partial charge is 0.493 e. The van der Waals surface area contributed by atoms with E-state index in [2.05, 4.69) is 0 Å². The van der Waals surface area contributed by atoms with E-state index in [-0.39, 0.29) is 12.2 Å². The molecule has 0 aliphatic rings. The fourth-order valence-electron chi connectivity index (χ4n) is 3.05. The van der Waals surface area contributed by atoms with Gasteiger partial charge in [0.05, 0.1) is 7.11 Å². The van der Waals surface area contributed by atoms with Gasteiger partial charge in [-0.3, -0.25) is 9.59 Å². The molecule has 0 saturated heterocycles. The van der Waals surface area contributed by atoms with Gasteiger partial charge in [0.2, 0.25) is 0 Å². The van der Waals surface area contributed by atoms with E-state index in [1.54, 1.807) is 36.4 Å². The first-order chi connectivity index (χ1) is 15.4. The maximum atomic E-state index is 12.6. The second-order valence-electron chi connectivity index (χ2n) is 7.00. The standard InChI is InChI=1S/C26H23ClO5/c1-18(28)32-26-14-19(9-13-25(26)30-2)8-12-23(29)16-21-15-22(27)11-10-20(21)17-31-24-6-4-3-5-7-24/h3-15H,16-17H2,1-2H3/b12-8+. The lowest BCUT2D eigenvalue weighted by atomic mass is 10.0. The van der Waals surface area contributed by atoms with Gasteiger partial charge in [-0.2, -0.15) is 0 Å². The molecule has 3 aromatic carbocycles. The van der Waals surface area contributed by atoms with Gasteiger partial charge in [0.1, 0.15) is 12.4 Å². The molecular formula is C26H23ClO5. The number of ether oxygens (including phenoxy) is 3. The molecule has 0 saturated carbocycles. The molecular weight excluding hydrogens is 428 g/mol. The van der Waals surface area contributed by atoms with Crippen molar-refractivity contribution < 1.29 is 23.8 Å². The van der Waals surface area contributed by atoms with Gasteiger partial charge in [0.25, 0.3) is 0 Å². The van der Waals surface area contributed by atoms with E-state index in [0.717, 1.165) is 16.9 Å². The SMILES string of the molecule is COc1ccc(/C=C/C(=O)Cc2cc(Cl)ccc2COc2ccccc2)cc1OC(C)=O. The summed E-state index contributed by atoms with van der Waals surface area (Å²) in [5, 5.41) is 0.557. The second-order valence-corrected chi connectivity index (χ2v) is 7.43. The van der Waals surface area contributed by atoms with Crippen molar-refractivity contribution in [2.45, 2.75) is 20.0 Å². The zero-order valence-corrected chi connectivity index (χ0v) is 18.6. The number of methoxy groups -OCH3 is 1. The Balaban J connectivity index is 1.71. The van der Waals surface area contributed by atoms with Crippen LogP contribution in [-0.2, 0) is 22.6 Å². The van der Waals surface area contributed by atoms with Crippen LogP contribution in [0.4, 0.5) is 0 Å². The molecule has 0 radical (unpaired) electrons. The Morgan fingerprint density at radius 3 is 2.44 bits per heavy atom. The van der Waals surface area contributed by atoms with Crippen molar-refractivity contribution in [2.24, 2.45) is 0 Å². The molecule has 5 nitrogen and oxygen atoms in total. The molecule has 0 aliphatic heterocycles. The Bertz CT molecular complexity index is 1120. The Kier molecular flexibility index (Phi) is 8.06. The van der Waals surface area contributed by atoms with Gasteiger partial charge in [0.15, 0.2) is 17.3 Å². The van der Waals surface area contributed by atoms with Crippen molar-refractivity contribution in [3.8, 4) is 17.2 Å². The summed E-state index contributed by atoms with van der Waals surface area (Å²) in [6.07, 6.45) is 3.33. The van der Waals surface area contributed by atoms with Gasteiger partial charge in [-0.1, -0.05) is 48.0 Å². The third-order valence-corrected chi connectivity index (χ3v) is 4.81. The van der Waals surface area contributed by atoms with Crippen LogP contribution in [-0.4, -0.2) is 18.9 Å². The van der Waals surface area contributed by atoms with Crippen molar-refractivity contribution in [2.75, 3.05) is 7.11 Å². The van der Waals surface area contributed by atoms with Crippen molar-refractivity contribution in [1.29, 1.82) is 0 Å². The lowest BCUT2D eigenvalue weighted by molar-refractivity contribution is -0.132. The Morgan fingerprint density at radius 1 is 0.938 bits per heavy atom. The smallest absolute Gasteiger partial charge is 0.308 e. The van der Waals surface area contributed by atoms with E-state index < -0.39 is 5.97 Å². The highest BCUT2D eigenvalue weighted by Gasteiger charge is 2.10. The van der Waals surface area contributed by atoms with Crippen LogP contribution < -0.4 is 14.2 Å². The van der Waals surface area contributed by atoms with Crippen molar-refractivity contribution in [3.05, 3.63) is 94.5 Å². The summed E-state index contributed by atoms with van der Waals surface area (Å²) in [5.41, 5.74) is 2.40. The number of benzene rings is 3. The number of allylic oxidation sites excluding steroid dienone is 1. The second kappa shape index (κ2) is 11.2. The average Bonchev–Trinajstić information content (AvgIpc) is 2.77. The highest BCUT2D eigenvalue weighted by Crippen LogP contribution is 2.29. The van der Waals surface area contributed by atoms with Crippen LogP contribution in [0.5, 0.6) is 17.2 Å². The van der Waals surface area contributed by atoms with E-state index >= 15 is 0 Å². The Labute approximate surface area is 192 Å². The van der Waals surface area contributed by atoms with Crippen molar-refractivity contribution in [3.63, 3.8) is 0 Å². The average molecular weight is 451 g/mol. The van der Waals surface area contributed by atoms with Gasteiger partial charge < -0.3 is 14.2 Å². The fourth-order valence-corrected chi connectivity index (χ4v) is 3.24. The molecule has 0 bridgehead atoms. The lowest BCUT2D eigenvalue weighted by Gasteiger charge is -2.11. The monoisotopic (exact) mass is 450 g/mol. The lowest BCUT2D eigenvalue weighted by Crippen LogP contribution is -2.05. The number of esters is 1. The molecule has 6 heteroatoms. The predicted octanol–water partition coefficient (Wildman–Crippen LogP) is 5.68. The van der Waals surface area contributed by atoms with Gasteiger partial charge in [-0.15, -0.1) is 0 Å². The number of para-hydroxylation sites is 1. The normalized spacial score (nSPS) is 10.7. The third kappa shape index (κ3) is 6.72. The van der Waals surface area contributed by atoms with Crippen LogP contribution in [0.15, 0.2) is 72.8 Å². The molecule has 32 heavy (non-hydrogen) atoms. The van der Waals surface area contributed by atoms with E-state index in [1.165, 1.54) is 20.1 Å². The minimum Gasteiger partial charge on any atom is -0.493 e. The number of halogens is 1. The van der Waals surface area contributed by atoms with E-state index in [1.807, 2.05) is 36.4 Å². The minimum atomic E-state index is -0.452. The summed E-state index contributed by atoms with van der Waals surface area (Å²) in [5.74, 6) is 0.933. The predicted molar refractivity (Wildman–Crippen MR) is 124 cm³/mol. The summed E-state index contributed by atoms with van der Waals surface area (Å²) in [6, 6.07) is 20.0. The zero-order valence-electron chi connectivity index (χ0n) is 17.8. The first kappa shape index (κ1) is 23.1. The summed E-state index contributed by atoms with van der Waals surface area (Å²) >= 11 is 6.15. The van der Waals surface area contributed by atoms with E-state index in [4.69, 9.17) is 25.8 Å². The van der Waals surface area contributed by atoms with Crippen LogP contribution in [0.3, 0.4) is 0 Å². The summed E-state index contributed by atoms with van der Waals surface area (Å²) in [7, 11) is 1.49. The molecule has 3 aromatic rings. The molecule has 0 spiro atoms. The molecule has 0 atom stereocenters. The van der Waals surface area contributed by atoms with Crippen LogP contribution >= 0.6 is 11.6 Å². The van der Waals surface area contributed by atoms with Gasteiger partial charge in [-0.05, 0) is 59.2 Å². The number of hydrogen-bond donors (Lipinski definition) is 0. The number of rotatable bonds is 9. The molecule has 3 rings (SSSR count). The number of ketones is 1. The summed E-state index contributed by atoms with van der Waals surface area (Å²) in [6.45, 7) is 1.65. The molecule has 0 N–H and O–H groups in total. The van der Waals surface area contributed by atoms with E-state index in [9.17, 15) is 9.59 Å². The highest BCUT2D eigenvalue weighted by atomic mass is 35.5. The Morgan fingerprint density at radius 2 is 1.72 bits per heavy atom. The van der Waals surface area contributed by atoms with Gasteiger partial charge in [0, 0.05) is 18.4 Å². The first-order valence-corrected chi connectivity index (χ1v) is 10.3. The third-order valence-electron chi connectivity index (χ3n) is 4.57. The molecule has 0 amide bonds. The maximum Gasteiger partial charge on any atom is 0.308 e. The molecule has 0 unspecified atom stereocenters. The number of carbonyl (C=O) groups excluding carboxylic acids is 2. The van der Waals surface area contributed by atoms with Crippen LogP contribution in [0.2, 0.25) is 5.02 Å². The molecule has 0 fully saturated rings. The first-order valence-electron chi connectivity index (χ1n) is 9.97. The summed E-state index contributed by atoms with van der Waals surface area (Å²) in [4.78, 5) is 23.9. The van der Waals surface area contributed by atoms with Crippen LogP contribution in [0.25, 0.3) is 6.08 Å². The molecule has 0 aromatic heterocycles. The van der Waals surface area contributed by atoms with Gasteiger partial charge in [-0.25, -0.2) is 0 Å². The molecule has 164 valence electrons. The summed E-state index contributed by atoms with van der Waals surface area (Å²) < 4.78 is 16.2. The quantitative estimate of drug-likeness (QED) is 0.238. The van der Waals surface area contributed by atoms with E-state index in [0.29, 0.717) is 28.7 Å². The van der Waals surface area contributed by atoms with Crippen LogP contribution in [0.1, 0.15) is 23.6 Å². The van der Waals surface area contributed by atoms with Crippen molar-refractivity contribution in [1.82, 2.24) is 0 Å².